The summed E-state index contributed by atoms with van der Waals surface area (Å²) >= 11 is 0. The van der Waals surface area contributed by atoms with Crippen LogP contribution in [0.25, 0.3) is 0 Å². The van der Waals surface area contributed by atoms with Crippen molar-refractivity contribution in [1.29, 1.82) is 0 Å². The highest BCUT2D eigenvalue weighted by molar-refractivity contribution is 14.0. The fraction of sp³-hybridized carbons (Fsp3) is 0.565. The van der Waals surface area contributed by atoms with E-state index < -0.39 is 0 Å². The lowest BCUT2D eigenvalue weighted by molar-refractivity contribution is 0.245. The van der Waals surface area contributed by atoms with Gasteiger partial charge in [0.05, 0.1) is 0 Å². The van der Waals surface area contributed by atoms with Crippen LogP contribution in [0.15, 0.2) is 47.7 Å². The topological polar surface area (TPSA) is 57.5 Å². The fourth-order valence-electron chi connectivity index (χ4n) is 3.91. The minimum Gasteiger partial charge on any atom is -0.357 e. The summed E-state index contributed by atoms with van der Waals surface area (Å²) in [6, 6.07) is 11.3. The number of aliphatic imine (C=N–C) groups is 1. The van der Waals surface area contributed by atoms with E-state index in [0.29, 0.717) is 18.5 Å². The number of hydrogen-bond acceptors (Lipinski definition) is 3. The number of nitrogens with one attached hydrogen (secondary N) is 2. The zero-order chi connectivity index (χ0) is 20.5. The van der Waals surface area contributed by atoms with Crippen LogP contribution in [0.4, 0.5) is 0 Å². The van der Waals surface area contributed by atoms with Gasteiger partial charge in [-0.05, 0) is 37.8 Å². The molecule has 1 unspecified atom stereocenters. The smallest absolute Gasteiger partial charge is 0.191 e. The van der Waals surface area contributed by atoms with Crippen molar-refractivity contribution >= 4 is 29.9 Å². The van der Waals surface area contributed by atoms with Crippen LogP contribution >= 0.6 is 24.0 Å². The molecule has 2 aromatic rings. The van der Waals surface area contributed by atoms with Gasteiger partial charge in [-0.1, -0.05) is 44.2 Å². The van der Waals surface area contributed by atoms with E-state index in [1.165, 1.54) is 24.9 Å². The molecule has 30 heavy (non-hydrogen) atoms. The number of likely N-dealkylation sites (tertiary alicyclic amines) is 1. The molecule has 1 aliphatic rings. The normalized spacial score (nSPS) is 17.2. The lowest BCUT2D eigenvalue weighted by Crippen LogP contribution is -2.44. The van der Waals surface area contributed by atoms with Crippen LogP contribution in [0, 0.1) is 5.92 Å². The van der Waals surface area contributed by atoms with E-state index in [0.717, 1.165) is 38.0 Å². The third kappa shape index (κ3) is 7.58. The molecule has 0 saturated carbocycles. The summed E-state index contributed by atoms with van der Waals surface area (Å²) in [6.45, 7) is 12.1. The van der Waals surface area contributed by atoms with Crippen LogP contribution in [0.2, 0.25) is 0 Å². The molecule has 1 atom stereocenters. The summed E-state index contributed by atoms with van der Waals surface area (Å²) in [7, 11) is 0. The SMILES string of the molecule is CCNC(=NCc1nccn1CC(C)C)NCC1CCCN1Cc1ccccc1.I. The molecule has 1 saturated heterocycles. The van der Waals surface area contributed by atoms with Crippen molar-refractivity contribution in [1.82, 2.24) is 25.1 Å². The summed E-state index contributed by atoms with van der Waals surface area (Å²) in [4.78, 5) is 11.9. The Morgan fingerprint density at radius 2 is 2.03 bits per heavy atom. The molecular formula is C23H37IN6. The van der Waals surface area contributed by atoms with Gasteiger partial charge >= 0.3 is 0 Å². The first-order chi connectivity index (χ1) is 14.2. The molecule has 0 radical (unpaired) electrons. The lowest BCUT2D eigenvalue weighted by atomic mass is 10.2. The van der Waals surface area contributed by atoms with Crippen LogP contribution in [0.1, 0.15) is 45.0 Å². The number of nitrogens with zero attached hydrogens (tertiary/aromatic N) is 4. The zero-order valence-electron chi connectivity index (χ0n) is 18.6. The van der Waals surface area contributed by atoms with Crippen LogP contribution < -0.4 is 10.6 Å². The highest BCUT2D eigenvalue weighted by Gasteiger charge is 2.24. The minimum atomic E-state index is 0. The molecular weight excluding hydrogens is 487 g/mol. The summed E-state index contributed by atoms with van der Waals surface area (Å²) in [6.07, 6.45) is 6.41. The number of halogens is 1. The fourth-order valence-corrected chi connectivity index (χ4v) is 3.91. The molecule has 166 valence electrons. The van der Waals surface area contributed by atoms with Gasteiger partial charge in [0.2, 0.25) is 0 Å². The maximum absolute atomic E-state index is 4.79. The van der Waals surface area contributed by atoms with E-state index in [-0.39, 0.29) is 24.0 Å². The van der Waals surface area contributed by atoms with E-state index in [2.05, 4.69) is 76.2 Å². The first kappa shape index (κ1) is 24.7. The van der Waals surface area contributed by atoms with Gasteiger partial charge in [-0.2, -0.15) is 0 Å². The Labute approximate surface area is 198 Å². The third-order valence-corrected chi connectivity index (χ3v) is 5.32. The summed E-state index contributed by atoms with van der Waals surface area (Å²) in [5.74, 6) is 2.48. The van der Waals surface area contributed by atoms with Crippen LogP contribution in [-0.4, -0.2) is 46.1 Å². The predicted octanol–water partition coefficient (Wildman–Crippen LogP) is 3.88. The van der Waals surface area contributed by atoms with E-state index in [9.17, 15) is 0 Å². The van der Waals surface area contributed by atoms with Gasteiger partial charge in [0.25, 0.3) is 0 Å². The average molecular weight is 524 g/mol. The molecule has 6 nitrogen and oxygen atoms in total. The van der Waals surface area contributed by atoms with Crippen LogP contribution in [0.5, 0.6) is 0 Å². The second-order valence-corrected chi connectivity index (χ2v) is 8.22. The minimum absolute atomic E-state index is 0. The molecule has 1 aromatic heterocycles. The van der Waals surface area contributed by atoms with Crippen molar-refractivity contribution in [3.8, 4) is 0 Å². The molecule has 3 rings (SSSR count). The number of imidazole rings is 1. The molecule has 7 heteroatoms. The van der Waals surface area contributed by atoms with E-state index >= 15 is 0 Å². The van der Waals surface area contributed by atoms with Crippen molar-refractivity contribution in [2.45, 2.75) is 59.3 Å². The zero-order valence-corrected chi connectivity index (χ0v) is 20.9. The summed E-state index contributed by atoms with van der Waals surface area (Å²) in [5.41, 5.74) is 1.39. The lowest BCUT2D eigenvalue weighted by Gasteiger charge is -2.25. The second kappa shape index (κ2) is 12.9. The standard InChI is InChI=1S/C23H36N6.HI/c1-4-24-23(27-16-22-25-12-14-29(22)17-19(2)3)26-15-21-11-8-13-28(21)18-20-9-6-5-7-10-20;/h5-7,9-10,12,14,19,21H,4,8,11,13,15-18H2,1-3H3,(H2,24,26,27);1H. The molecule has 2 heterocycles. The number of benzene rings is 1. The first-order valence-electron chi connectivity index (χ1n) is 11.0. The Bertz CT molecular complexity index is 758. The van der Waals surface area contributed by atoms with Crippen LogP contribution in [-0.2, 0) is 19.6 Å². The number of aromatic nitrogens is 2. The maximum Gasteiger partial charge on any atom is 0.191 e. The van der Waals surface area contributed by atoms with Crippen LogP contribution in [0.3, 0.4) is 0 Å². The molecule has 0 bridgehead atoms. The van der Waals surface area contributed by atoms with E-state index in [4.69, 9.17) is 4.99 Å². The quantitative estimate of drug-likeness (QED) is 0.297. The molecule has 0 spiro atoms. The van der Waals surface area contributed by atoms with Gasteiger partial charge in [0.1, 0.15) is 12.4 Å². The maximum atomic E-state index is 4.79. The summed E-state index contributed by atoms with van der Waals surface area (Å²) in [5, 5.41) is 6.94. The molecule has 0 amide bonds. The average Bonchev–Trinajstić information content (AvgIpc) is 3.33. The molecule has 1 aliphatic heterocycles. The number of guanidine groups is 1. The van der Waals surface area contributed by atoms with Crippen molar-refractivity contribution < 1.29 is 0 Å². The Kier molecular flexibility index (Phi) is 10.6. The number of rotatable bonds is 9. The number of hydrogen-bond donors (Lipinski definition) is 2. The van der Waals surface area contributed by atoms with Gasteiger partial charge in [-0.3, -0.25) is 4.90 Å². The van der Waals surface area contributed by atoms with Crippen molar-refractivity contribution in [2.24, 2.45) is 10.9 Å². The monoisotopic (exact) mass is 524 g/mol. The largest absolute Gasteiger partial charge is 0.357 e. The van der Waals surface area contributed by atoms with Crippen molar-refractivity contribution in [2.75, 3.05) is 19.6 Å². The molecule has 2 N–H and O–H groups in total. The highest BCUT2D eigenvalue weighted by Crippen LogP contribution is 2.19. The van der Waals surface area contributed by atoms with Gasteiger partial charge in [0, 0.05) is 44.6 Å². The first-order valence-corrected chi connectivity index (χ1v) is 11.0. The van der Waals surface area contributed by atoms with Crippen molar-refractivity contribution in [3.63, 3.8) is 0 Å². The predicted molar refractivity (Wildman–Crippen MR) is 135 cm³/mol. The Morgan fingerprint density at radius 1 is 1.23 bits per heavy atom. The highest BCUT2D eigenvalue weighted by atomic mass is 127. The van der Waals surface area contributed by atoms with E-state index in [1.54, 1.807) is 0 Å². The third-order valence-electron chi connectivity index (χ3n) is 5.32. The van der Waals surface area contributed by atoms with Gasteiger partial charge in [0.15, 0.2) is 5.96 Å². The Morgan fingerprint density at radius 3 is 2.77 bits per heavy atom. The van der Waals surface area contributed by atoms with Gasteiger partial charge in [-0.15, -0.1) is 24.0 Å². The molecule has 1 aromatic carbocycles. The van der Waals surface area contributed by atoms with E-state index in [1.807, 2.05) is 12.4 Å². The van der Waals surface area contributed by atoms with Gasteiger partial charge < -0.3 is 15.2 Å². The second-order valence-electron chi connectivity index (χ2n) is 8.22. The molecule has 0 aliphatic carbocycles. The Balaban J connectivity index is 0.00000320. The Hall–Kier alpha value is -1.61. The van der Waals surface area contributed by atoms with Crippen molar-refractivity contribution in [3.05, 3.63) is 54.1 Å². The summed E-state index contributed by atoms with van der Waals surface area (Å²) < 4.78 is 2.20. The molecule has 1 fully saturated rings. The van der Waals surface area contributed by atoms with Gasteiger partial charge in [-0.25, -0.2) is 9.98 Å².